The average molecular weight is 500 g/mol. The van der Waals surface area contributed by atoms with E-state index in [0.29, 0.717) is 32.1 Å². The molecule has 2 amide bonds. The van der Waals surface area contributed by atoms with E-state index in [1.807, 2.05) is 6.07 Å². The number of hydrogen-bond acceptors (Lipinski definition) is 9. The van der Waals surface area contributed by atoms with Crippen molar-refractivity contribution in [3.63, 3.8) is 0 Å². The molecule has 3 aliphatic heterocycles. The van der Waals surface area contributed by atoms with Crippen LogP contribution < -0.4 is 21.1 Å². The van der Waals surface area contributed by atoms with Gasteiger partial charge in [0.2, 0.25) is 0 Å². The fourth-order valence-electron chi connectivity index (χ4n) is 4.76. The minimum Gasteiger partial charge on any atom is -0.461 e. The Hall–Kier alpha value is -3.54. The summed E-state index contributed by atoms with van der Waals surface area (Å²) in [4.78, 5) is 41.3. The first-order valence-corrected chi connectivity index (χ1v) is 12.3. The minimum absolute atomic E-state index is 0.0208. The second-order valence-electron chi connectivity index (χ2n) is 9.45. The van der Waals surface area contributed by atoms with Crippen LogP contribution >= 0.6 is 0 Å². The Morgan fingerprint density at radius 1 is 1.14 bits per heavy atom. The Balaban J connectivity index is 1.31. The molecule has 3 fully saturated rings. The van der Waals surface area contributed by atoms with Crippen LogP contribution in [0.2, 0.25) is 0 Å². The van der Waals surface area contributed by atoms with Crippen molar-refractivity contribution in [2.24, 2.45) is 5.73 Å². The summed E-state index contributed by atoms with van der Waals surface area (Å²) < 4.78 is 24.8. The van der Waals surface area contributed by atoms with Gasteiger partial charge in [0.05, 0.1) is 24.9 Å². The van der Waals surface area contributed by atoms with Crippen molar-refractivity contribution in [1.82, 2.24) is 19.9 Å². The van der Waals surface area contributed by atoms with Gasteiger partial charge in [-0.25, -0.2) is 9.37 Å². The van der Waals surface area contributed by atoms with Crippen molar-refractivity contribution in [3.8, 4) is 6.01 Å². The number of alkyl halides is 1. The molecule has 0 unspecified atom stereocenters. The molecule has 3 saturated heterocycles. The van der Waals surface area contributed by atoms with Crippen LogP contribution in [0.3, 0.4) is 0 Å². The number of rotatable bonds is 7. The lowest BCUT2D eigenvalue weighted by atomic mass is 9.92. The van der Waals surface area contributed by atoms with Crippen molar-refractivity contribution in [3.05, 3.63) is 35.3 Å². The zero-order chi connectivity index (χ0) is 25.2. The molecule has 12 heteroatoms. The number of ether oxygens (including phenoxy) is 2. The van der Waals surface area contributed by atoms with Gasteiger partial charge >= 0.3 is 6.01 Å². The third-order valence-corrected chi connectivity index (χ3v) is 6.88. The maximum absolute atomic E-state index is 13.3. The highest BCUT2D eigenvalue weighted by molar-refractivity contribution is 5.96. The molecule has 192 valence electrons. The highest BCUT2D eigenvalue weighted by atomic mass is 19.1. The van der Waals surface area contributed by atoms with Gasteiger partial charge in [0.15, 0.2) is 5.69 Å². The molecule has 2 aromatic heterocycles. The summed E-state index contributed by atoms with van der Waals surface area (Å²) >= 11 is 0. The molecular formula is C24H30FN7O4. The number of nitrogens with two attached hydrogens (primary N) is 2. The monoisotopic (exact) mass is 499 g/mol. The molecule has 4 N–H and O–H groups in total. The first-order valence-electron chi connectivity index (χ1n) is 12.3. The standard InChI is InChI=1S/C24H30FN7O4/c25-15-11-32(12-15)23(34)19-10-20(30-24(29-19)36-13-16-2-1-9-35-16)31-7-5-14(6-8-31)18-4-3-17(26)21(28-18)22(27)33/h3-4,10,14-16H,1-2,5-9,11-13,26H2,(H2,27,33)/t16-/m1/s1. The van der Waals surface area contributed by atoms with Crippen LogP contribution in [0.4, 0.5) is 15.9 Å². The molecule has 3 aliphatic rings. The number of likely N-dealkylation sites (tertiary alicyclic amines) is 1. The lowest BCUT2D eigenvalue weighted by Crippen LogP contribution is -2.51. The van der Waals surface area contributed by atoms with Crippen LogP contribution in [-0.4, -0.2) is 83.3 Å². The molecule has 0 saturated carbocycles. The molecule has 0 aliphatic carbocycles. The SMILES string of the molecule is NC(=O)c1nc(C2CCN(c3cc(C(=O)N4CC(F)C4)nc(OC[C@H]4CCCO4)n3)CC2)ccc1N. The Kier molecular flexibility index (Phi) is 6.86. The van der Waals surface area contributed by atoms with Crippen molar-refractivity contribution < 1.29 is 23.5 Å². The van der Waals surface area contributed by atoms with Crippen molar-refractivity contribution in [2.75, 3.05) is 50.0 Å². The Bertz CT molecular complexity index is 1130. The number of nitrogens with zero attached hydrogens (tertiary/aromatic N) is 5. The number of carbonyl (C=O) groups excluding carboxylic acids is 2. The number of anilines is 2. The van der Waals surface area contributed by atoms with E-state index in [1.165, 1.54) is 4.90 Å². The summed E-state index contributed by atoms with van der Waals surface area (Å²) in [6.45, 7) is 2.44. The maximum atomic E-state index is 13.3. The minimum atomic E-state index is -0.999. The molecule has 5 heterocycles. The third kappa shape index (κ3) is 5.18. The van der Waals surface area contributed by atoms with Crippen molar-refractivity contribution in [1.29, 1.82) is 0 Å². The fourth-order valence-corrected chi connectivity index (χ4v) is 4.76. The molecule has 36 heavy (non-hydrogen) atoms. The molecule has 11 nitrogen and oxygen atoms in total. The number of piperidine rings is 1. The number of amides is 2. The van der Waals surface area contributed by atoms with E-state index in [9.17, 15) is 14.0 Å². The normalized spacial score (nSPS) is 20.9. The van der Waals surface area contributed by atoms with Gasteiger partial charge in [-0.15, -0.1) is 0 Å². The number of primary amides is 1. The lowest BCUT2D eigenvalue weighted by molar-refractivity contribution is 0.0391. The number of halogens is 1. The van der Waals surface area contributed by atoms with E-state index in [1.54, 1.807) is 12.1 Å². The van der Waals surface area contributed by atoms with Crippen LogP contribution in [-0.2, 0) is 4.74 Å². The van der Waals surface area contributed by atoms with Gasteiger partial charge in [-0.2, -0.15) is 9.97 Å². The maximum Gasteiger partial charge on any atom is 0.319 e. The van der Waals surface area contributed by atoms with Gasteiger partial charge in [0, 0.05) is 37.4 Å². The second kappa shape index (κ2) is 10.2. The summed E-state index contributed by atoms with van der Waals surface area (Å²) in [7, 11) is 0. The Morgan fingerprint density at radius 2 is 1.92 bits per heavy atom. The quantitative estimate of drug-likeness (QED) is 0.574. The van der Waals surface area contributed by atoms with Gasteiger partial charge in [0.25, 0.3) is 11.8 Å². The van der Waals surface area contributed by atoms with Gasteiger partial charge in [0.1, 0.15) is 24.3 Å². The molecule has 0 bridgehead atoms. The molecule has 5 rings (SSSR count). The van der Waals surface area contributed by atoms with E-state index < -0.39 is 12.1 Å². The predicted octanol–water partition coefficient (Wildman–Crippen LogP) is 1.29. The summed E-state index contributed by atoms with van der Waals surface area (Å²) in [5.74, 6) is -0.286. The lowest BCUT2D eigenvalue weighted by Gasteiger charge is -2.35. The summed E-state index contributed by atoms with van der Waals surface area (Å²) in [5, 5.41) is 0. The van der Waals surface area contributed by atoms with E-state index in [2.05, 4.69) is 19.9 Å². The van der Waals surface area contributed by atoms with E-state index in [4.69, 9.17) is 20.9 Å². The Morgan fingerprint density at radius 3 is 2.58 bits per heavy atom. The molecule has 0 radical (unpaired) electrons. The van der Waals surface area contributed by atoms with E-state index >= 15 is 0 Å². The Labute approximate surface area is 208 Å². The number of pyridine rings is 1. The molecule has 1 atom stereocenters. The fraction of sp³-hybridized carbons (Fsp3) is 0.542. The highest BCUT2D eigenvalue weighted by Crippen LogP contribution is 2.31. The zero-order valence-corrected chi connectivity index (χ0v) is 19.9. The molecule has 0 spiro atoms. The molecule has 0 aromatic carbocycles. The highest BCUT2D eigenvalue weighted by Gasteiger charge is 2.33. The van der Waals surface area contributed by atoms with Gasteiger partial charge < -0.3 is 30.7 Å². The molecular weight excluding hydrogens is 469 g/mol. The van der Waals surface area contributed by atoms with Crippen molar-refractivity contribution >= 4 is 23.3 Å². The van der Waals surface area contributed by atoms with Crippen LogP contribution in [0.5, 0.6) is 6.01 Å². The van der Waals surface area contributed by atoms with Crippen LogP contribution in [0.25, 0.3) is 0 Å². The zero-order valence-electron chi connectivity index (χ0n) is 19.9. The summed E-state index contributed by atoms with van der Waals surface area (Å²) in [6, 6.07) is 5.23. The van der Waals surface area contributed by atoms with Gasteiger partial charge in [-0.05, 0) is 37.8 Å². The third-order valence-electron chi connectivity index (χ3n) is 6.88. The topological polar surface area (TPSA) is 150 Å². The van der Waals surface area contributed by atoms with Crippen LogP contribution in [0.1, 0.15) is 58.3 Å². The first-order chi connectivity index (χ1) is 17.4. The number of hydrogen-bond donors (Lipinski definition) is 2. The smallest absolute Gasteiger partial charge is 0.319 e. The number of nitrogen functional groups attached to an aromatic ring is 1. The summed E-state index contributed by atoms with van der Waals surface area (Å²) in [5.41, 5.74) is 12.5. The van der Waals surface area contributed by atoms with Gasteiger partial charge in [-0.3, -0.25) is 9.59 Å². The van der Waals surface area contributed by atoms with E-state index in [0.717, 1.165) is 31.4 Å². The predicted molar refractivity (Wildman–Crippen MR) is 129 cm³/mol. The second-order valence-corrected chi connectivity index (χ2v) is 9.45. The van der Waals surface area contributed by atoms with Gasteiger partial charge in [-0.1, -0.05) is 0 Å². The number of carbonyl (C=O) groups is 2. The van der Waals surface area contributed by atoms with Crippen LogP contribution in [0.15, 0.2) is 18.2 Å². The molecule has 2 aromatic rings. The average Bonchev–Trinajstić information content (AvgIpc) is 3.39. The first kappa shape index (κ1) is 24.2. The van der Waals surface area contributed by atoms with Crippen LogP contribution in [0, 0.1) is 0 Å². The number of aromatic nitrogens is 3. The largest absolute Gasteiger partial charge is 0.461 e. The van der Waals surface area contributed by atoms with Crippen molar-refractivity contribution in [2.45, 2.75) is 43.9 Å². The van der Waals surface area contributed by atoms with E-state index in [-0.39, 0.29) is 54.1 Å². The summed E-state index contributed by atoms with van der Waals surface area (Å²) in [6.07, 6.45) is 2.38.